The topological polar surface area (TPSA) is 71.1 Å². The molecule has 0 aromatic carbocycles. The van der Waals surface area contributed by atoms with Gasteiger partial charge in [0.1, 0.15) is 0 Å². The molecule has 0 aliphatic carbocycles. The van der Waals surface area contributed by atoms with Crippen molar-refractivity contribution in [2.45, 2.75) is 13.8 Å². The lowest BCUT2D eigenvalue weighted by Crippen LogP contribution is -2.33. The average Bonchev–Trinajstić information content (AvgIpc) is 2.20. The minimum absolute atomic E-state index is 0.100. The molecule has 2 N–H and O–H groups in total. The molecule has 17 heavy (non-hydrogen) atoms. The fraction of sp³-hybridized carbons (Fsp3) is 0.444. The highest BCUT2D eigenvalue weighted by atomic mass is 79.9. The Morgan fingerprint density at radius 2 is 2.18 bits per heavy atom. The summed E-state index contributed by atoms with van der Waals surface area (Å²) in [7, 11) is -3.61. The van der Waals surface area contributed by atoms with Crippen molar-refractivity contribution in [3.63, 3.8) is 0 Å². The molecule has 0 radical (unpaired) electrons. The van der Waals surface area contributed by atoms with E-state index < -0.39 is 10.2 Å². The zero-order chi connectivity index (χ0) is 13.1. The first-order valence-electron chi connectivity index (χ1n) is 4.88. The SMILES string of the molecule is CC(C)CNS(=O)(=O)Nc1cc(Br)cnc1Cl. The van der Waals surface area contributed by atoms with Gasteiger partial charge in [-0.2, -0.15) is 13.1 Å². The van der Waals surface area contributed by atoms with Crippen LogP contribution >= 0.6 is 27.5 Å². The number of hydrogen-bond acceptors (Lipinski definition) is 3. The molecule has 0 bridgehead atoms. The van der Waals surface area contributed by atoms with Crippen molar-refractivity contribution in [1.29, 1.82) is 0 Å². The van der Waals surface area contributed by atoms with Crippen LogP contribution in [-0.2, 0) is 10.2 Å². The molecular weight excluding hydrogens is 330 g/mol. The first-order valence-corrected chi connectivity index (χ1v) is 7.54. The van der Waals surface area contributed by atoms with E-state index in [2.05, 4.69) is 30.4 Å². The second kappa shape index (κ2) is 5.99. The molecule has 1 heterocycles. The van der Waals surface area contributed by atoms with Gasteiger partial charge in [-0.05, 0) is 27.9 Å². The Morgan fingerprint density at radius 3 is 2.76 bits per heavy atom. The summed E-state index contributed by atoms with van der Waals surface area (Å²) in [5, 5.41) is 0.100. The highest BCUT2D eigenvalue weighted by Crippen LogP contribution is 2.23. The van der Waals surface area contributed by atoms with E-state index in [1.165, 1.54) is 6.20 Å². The molecule has 1 rings (SSSR count). The summed E-state index contributed by atoms with van der Waals surface area (Å²) in [6, 6.07) is 1.55. The van der Waals surface area contributed by atoms with Gasteiger partial charge in [0.15, 0.2) is 5.15 Å². The third-order valence-corrected chi connectivity index (χ3v) is 3.50. The number of hydrogen-bond donors (Lipinski definition) is 2. The van der Waals surface area contributed by atoms with Gasteiger partial charge in [0.05, 0.1) is 5.69 Å². The fourth-order valence-electron chi connectivity index (χ4n) is 0.951. The number of anilines is 1. The van der Waals surface area contributed by atoms with Gasteiger partial charge in [0, 0.05) is 17.2 Å². The first kappa shape index (κ1) is 14.7. The van der Waals surface area contributed by atoms with Crippen LogP contribution in [0.2, 0.25) is 5.15 Å². The molecule has 96 valence electrons. The summed E-state index contributed by atoms with van der Waals surface area (Å²) in [5.41, 5.74) is 0.234. The molecule has 0 aliphatic heterocycles. The minimum atomic E-state index is -3.61. The highest BCUT2D eigenvalue weighted by Gasteiger charge is 2.13. The Labute approximate surface area is 114 Å². The average molecular weight is 343 g/mol. The van der Waals surface area contributed by atoms with Crippen molar-refractivity contribution in [3.8, 4) is 0 Å². The number of rotatable bonds is 5. The van der Waals surface area contributed by atoms with Crippen LogP contribution in [0, 0.1) is 5.92 Å². The quantitative estimate of drug-likeness (QED) is 0.807. The van der Waals surface area contributed by atoms with Gasteiger partial charge in [0.2, 0.25) is 0 Å². The van der Waals surface area contributed by atoms with E-state index in [0.717, 1.165) is 0 Å². The van der Waals surface area contributed by atoms with Gasteiger partial charge in [-0.3, -0.25) is 4.72 Å². The Kier molecular flexibility index (Phi) is 5.18. The zero-order valence-corrected chi connectivity index (χ0v) is 12.5. The maximum atomic E-state index is 11.6. The van der Waals surface area contributed by atoms with Gasteiger partial charge in [-0.1, -0.05) is 25.4 Å². The predicted octanol–water partition coefficient (Wildman–Crippen LogP) is 2.40. The second-order valence-electron chi connectivity index (χ2n) is 3.84. The van der Waals surface area contributed by atoms with Crippen molar-refractivity contribution in [2.24, 2.45) is 5.92 Å². The van der Waals surface area contributed by atoms with Crippen molar-refractivity contribution >= 4 is 43.4 Å². The Balaban J connectivity index is 2.79. The van der Waals surface area contributed by atoms with E-state index >= 15 is 0 Å². The smallest absolute Gasteiger partial charge is 0.268 e. The molecule has 5 nitrogen and oxygen atoms in total. The summed E-state index contributed by atoms with van der Waals surface area (Å²) in [6.07, 6.45) is 1.49. The number of nitrogens with zero attached hydrogens (tertiary/aromatic N) is 1. The number of pyridine rings is 1. The van der Waals surface area contributed by atoms with E-state index in [0.29, 0.717) is 11.0 Å². The van der Waals surface area contributed by atoms with Crippen molar-refractivity contribution in [3.05, 3.63) is 21.9 Å². The van der Waals surface area contributed by atoms with E-state index in [9.17, 15) is 8.42 Å². The van der Waals surface area contributed by atoms with E-state index in [4.69, 9.17) is 11.6 Å². The van der Waals surface area contributed by atoms with Crippen LogP contribution in [0.4, 0.5) is 5.69 Å². The Bertz CT molecular complexity index is 493. The van der Waals surface area contributed by atoms with E-state index in [-0.39, 0.29) is 16.8 Å². The van der Waals surface area contributed by atoms with Crippen molar-refractivity contribution < 1.29 is 8.42 Å². The molecule has 0 saturated heterocycles. The third-order valence-electron chi connectivity index (χ3n) is 1.73. The van der Waals surface area contributed by atoms with Crippen LogP contribution in [0.5, 0.6) is 0 Å². The lowest BCUT2D eigenvalue weighted by Gasteiger charge is -2.11. The van der Waals surface area contributed by atoms with Gasteiger partial charge >= 0.3 is 0 Å². The van der Waals surface area contributed by atoms with Crippen LogP contribution in [0.15, 0.2) is 16.7 Å². The van der Waals surface area contributed by atoms with Gasteiger partial charge in [-0.15, -0.1) is 0 Å². The normalized spacial score (nSPS) is 11.8. The van der Waals surface area contributed by atoms with Crippen LogP contribution in [0.1, 0.15) is 13.8 Å². The molecule has 0 unspecified atom stereocenters. The Morgan fingerprint density at radius 1 is 1.53 bits per heavy atom. The molecular formula is C9H13BrClN3O2S. The summed E-state index contributed by atoms with van der Waals surface area (Å²) in [6.45, 7) is 4.18. The second-order valence-corrected chi connectivity index (χ2v) is 6.61. The van der Waals surface area contributed by atoms with E-state index in [1.54, 1.807) is 6.07 Å². The zero-order valence-electron chi connectivity index (χ0n) is 9.37. The summed E-state index contributed by atoms with van der Waals surface area (Å²) >= 11 is 8.97. The molecule has 0 aliphatic rings. The fourth-order valence-corrected chi connectivity index (χ4v) is 2.56. The number of aromatic nitrogens is 1. The summed E-state index contributed by atoms with van der Waals surface area (Å²) < 4.78 is 28.7. The Hall–Kier alpha value is -0.370. The monoisotopic (exact) mass is 341 g/mol. The van der Waals surface area contributed by atoms with Crippen molar-refractivity contribution in [1.82, 2.24) is 9.71 Å². The minimum Gasteiger partial charge on any atom is -0.268 e. The predicted molar refractivity (Wildman–Crippen MR) is 72.3 cm³/mol. The van der Waals surface area contributed by atoms with Gasteiger partial charge in [-0.25, -0.2) is 4.98 Å². The molecule has 0 spiro atoms. The number of nitrogens with one attached hydrogen (secondary N) is 2. The van der Waals surface area contributed by atoms with Crippen LogP contribution in [-0.4, -0.2) is 19.9 Å². The molecule has 0 amide bonds. The first-order chi connectivity index (χ1) is 7.80. The number of halogens is 2. The maximum Gasteiger partial charge on any atom is 0.299 e. The molecule has 8 heteroatoms. The maximum absolute atomic E-state index is 11.6. The largest absolute Gasteiger partial charge is 0.299 e. The third kappa shape index (κ3) is 5.20. The summed E-state index contributed by atoms with van der Waals surface area (Å²) in [5.74, 6) is 0.225. The molecule has 1 aromatic heterocycles. The molecule has 0 atom stereocenters. The highest BCUT2D eigenvalue weighted by molar-refractivity contribution is 9.10. The van der Waals surface area contributed by atoms with Crippen molar-refractivity contribution in [2.75, 3.05) is 11.3 Å². The van der Waals surface area contributed by atoms with Gasteiger partial charge in [0.25, 0.3) is 10.2 Å². The molecule has 1 aromatic rings. The summed E-state index contributed by atoms with van der Waals surface area (Å²) in [4.78, 5) is 3.82. The van der Waals surface area contributed by atoms with E-state index in [1.807, 2.05) is 13.8 Å². The van der Waals surface area contributed by atoms with Crippen LogP contribution in [0.3, 0.4) is 0 Å². The van der Waals surface area contributed by atoms with Gasteiger partial charge < -0.3 is 0 Å². The molecule has 0 saturated carbocycles. The van der Waals surface area contributed by atoms with Crippen LogP contribution < -0.4 is 9.44 Å². The molecule has 0 fully saturated rings. The lowest BCUT2D eigenvalue weighted by atomic mass is 10.2. The van der Waals surface area contributed by atoms with Crippen LogP contribution in [0.25, 0.3) is 0 Å². The lowest BCUT2D eigenvalue weighted by molar-refractivity contribution is 0.565. The standard InChI is InChI=1S/C9H13BrClN3O2S/c1-6(2)4-13-17(15,16)14-8-3-7(10)5-12-9(8)11/h3,5-6,13-14H,4H2,1-2H3.